The summed E-state index contributed by atoms with van der Waals surface area (Å²) in [5, 5.41) is 11.3. The van der Waals surface area contributed by atoms with Crippen molar-refractivity contribution < 1.29 is 32.7 Å². The number of hydrogen-bond acceptors (Lipinski definition) is 3. The number of alkyl halides is 3. The van der Waals surface area contributed by atoms with Gasteiger partial charge in [0.1, 0.15) is 0 Å². The topological polar surface area (TPSA) is 90.0 Å². The predicted molar refractivity (Wildman–Crippen MR) is 145 cm³/mol. The van der Waals surface area contributed by atoms with Gasteiger partial charge >= 0.3 is 18.2 Å². The highest BCUT2D eigenvalue weighted by atomic mass is 19.4. The Bertz CT molecular complexity index is 1230. The molecule has 2 aliphatic rings. The van der Waals surface area contributed by atoms with E-state index < -0.39 is 29.7 Å². The van der Waals surface area contributed by atoms with Crippen LogP contribution in [0.5, 0.6) is 0 Å². The van der Waals surface area contributed by atoms with Crippen LogP contribution in [0.25, 0.3) is 0 Å². The summed E-state index contributed by atoms with van der Waals surface area (Å²) in [7, 11) is 0. The molecule has 3 amide bonds. The van der Waals surface area contributed by atoms with Crippen molar-refractivity contribution in [3.63, 3.8) is 0 Å². The molecule has 1 atom stereocenters. The molecule has 40 heavy (non-hydrogen) atoms. The van der Waals surface area contributed by atoms with Crippen LogP contribution in [0, 0.1) is 11.3 Å². The molecule has 10 heteroatoms. The van der Waals surface area contributed by atoms with Crippen LogP contribution in [-0.4, -0.2) is 47.0 Å². The number of anilines is 1. The molecule has 1 aliphatic carbocycles. The second-order valence-corrected chi connectivity index (χ2v) is 11.8. The van der Waals surface area contributed by atoms with E-state index in [0.717, 1.165) is 43.4 Å². The van der Waals surface area contributed by atoms with Crippen LogP contribution in [0.3, 0.4) is 0 Å². The van der Waals surface area contributed by atoms with Crippen molar-refractivity contribution in [2.24, 2.45) is 11.3 Å². The number of carboxylic acid groups (broad SMARTS) is 1. The number of hydrogen-bond donors (Lipinski definition) is 2. The zero-order chi connectivity index (χ0) is 29.2. The molecule has 4 rings (SSSR count). The molecule has 0 spiro atoms. The molecule has 2 aromatic carbocycles. The summed E-state index contributed by atoms with van der Waals surface area (Å²) in [6, 6.07) is 10.8. The van der Waals surface area contributed by atoms with E-state index >= 15 is 0 Å². The largest absolute Gasteiger partial charge is 0.481 e. The van der Waals surface area contributed by atoms with Crippen molar-refractivity contribution in [3.05, 3.63) is 65.2 Å². The normalized spacial score (nSPS) is 21.9. The van der Waals surface area contributed by atoms with Gasteiger partial charge in [-0.3, -0.25) is 14.5 Å². The summed E-state index contributed by atoms with van der Waals surface area (Å²) in [5.41, 5.74) is 0.680. The van der Waals surface area contributed by atoms with Crippen LogP contribution < -0.4 is 10.2 Å². The Morgan fingerprint density at radius 3 is 2.23 bits per heavy atom. The molecule has 2 fully saturated rings. The third-order valence-corrected chi connectivity index (χ3v) is 8.13. The average molecular weight is 560 g/mol. The number of nitrogens with zero attached hydrogens (tertiary/aromatic N) is 2. The first-order chi connectivity index (χ1) is 18.8. The van der Waals surface area contributed by atoms with Gasteiger partial charge < -0.3 is 15.3 Å². The number of benzene rings is 2. The minimum absolute atomic E-state index is 0.00398. The lowest BCUT2D eigenvalue weighted by Gasteiger charge is -2.41. The van der Waals surface area contributed by atoms with Gasteiger partial charge in [-0.1, -0.05) is 39.0 Å². The number of aliphatic carboxylic acids is 1. The van der Waals surface area contributed by atoms with Crippen molar-refractivity contribution >= 4 is 23.6 Å². The molecule has 1 heterocycles. The standard InChI is InChI=1S/C30H36F3N3O4/c1-29(2,3)21-11-13-23(14-12-21)36-25(19-7-9-20(10-8-19)27(39)34-16-15-26(37)38)18-35(28(36)40)24-6-4-5-22(17-24)30(31,32)33/h4-10,17,21,23,25H,11-16,18H2,1-3H3,(H,34,39)(H,37,38). The molecule has 1 aliphatic heterocycles. The first-order valence-electron chi connectivity index (χ1n) is 13.6. The van der Waals surface area contributed by atoms with Gasteiger partial charge in [0.15, 0.2) is 0 Å². The Kier molecular flexibility index (Phi) is 8.46. The maximum atomic E-state index is 13.8. The zero-order valence-corrected chi connectivity index (χ0v) is 23.0. The monoisotopic (exact) mass is 559 g/mol. The zero-order valence-electron chi connectivity index (χ0n) is 23.0. The third kappa shape index (κ3) is 6.59. The molecular formula is C30H36F3N3O4. The van der Waals surface area contributed by atoms with Gasteiger partial charge in [0.2, 0.25) is 0 Å². The smallest absolute Gasteiger partial charge is 0.416 e. The summed E-state index contributed by atoms with van der Waals surface area (Å²) in [6.45, 7) is 6.84. The number of amides is 3. The molecule has 216 valence electrons. The first-order valence-corrected chi connectivity index (χ1v) is 13.6. The van der Waals surface area contributed by atoms with Gasteiger partial charge in [0, 0.05) is 23.8 Å². The van der Waals surface area contributed by atoms with Crippen LogP contribution in [0.2, 0.25) is 0 Å². The molecule has 1 saturated heterocycles. The fourth-order valence-corrected chi connectivity index (χ4v) is 5.82. The van der Waals surface area contributed by atoms with Gasteiger partial charge in [-0.05, 0) is 72.9 Å². The number of halogens is 3. The van der Waals surface area contributed by atoms with Crippen LogP contribution in [0.15, 0.2) is 48.5 Å². The number of carbonyl (C=O) groups is 3. The van der Waals surface area contributed by atoms with Gasteiger partial charge in [-0.15, -0.1) is 0 Å². The molecule has 0 bridgehead atoms. The third-order valence-electron chi connectivity index (χ3n) is 8.13. The summed E-state index contributed by atoms with van der Waals surface area (Å²) in [4.78, 5) is 40.2. The predicted octanol–water partition coefficient (Wildman–Crippen LogP) is 6.50. The highest BCUT2D eigenvalue weighted by Gasteiger charge is 2.45. The molecule has 7 nitrogen and oxygen atoms in total. The summed E-state index contributed by atoms with van der Waals surface area (Å²) in [5.74, 6) is -0.889. The summed E-state index contributed by atoms with van der Waals surface area (Å²) < 4.78 is 40.3. The van der Waals surface area contributed by atoms with Gasteiger partial charge in [-0.25, -0.2) is 4.79 Å². The van der Waals surface area contributed by atoms with Gasteiger partial charge in [-0.2, -0.15) is 13.2 Å². The second kappa shape index (κ2) is 11.5. The van der Waals surface area contributed by atoms with E-state index in [1.54, 1.807) is 24.3 Å². The maximum absolute atomic E-state index is 13.8. The minimum Gasteiger partial charge on any atom is -0.481 e. The Morgan fingerprint density at radius 1 is 1.00 bits per heavy atom. The Balaban J connectivity index is 1.60. The number of urea groups is 1. The summed E-state index contributed by atoms with van der Waals surface area (Å²) >= 11 is 0. The highest BCUT2D eigenvalue weighted by molar-refractivity contribution is 5.96. The van der Waals surface area contributed by atoms with Crippen molar-refractivity contribution in [1.82, 2.24) is 10.2 Å². The van der Waals surface area contributed by atoms with Crippen molar-refractivity contribution in [1.29, 1.82) is 0 Å². The van der Waals surface area contributed by atoms with E-state index in [0.29, 0.717) is 11.5 Å². The Hall–Kier alpha value is -3.56. The molecular weight excluding hydrogens is 523 g/mol. The fraction of sp³-hybridized carbons (Fsp3) is 0.500. The average Bonchev–Trinajstić information content (AvgIpc) is 3.24. The summed E-state index contributed by atoms with van der Waals surface area (Å²) in [6.07, 6.45) is -1.17. The minimum atomic E-state index is -4.52. The van der Waals surface area contributed by atoms with E-state index in [9.17, 15) is 27.6 Å². The molecule has 0 aromatic heterocycles. The SMILES string of the molecule is CC(C)(C)C1CCC(N2C(=O)N(c3cccc(C(F)(F)F)c3)CC2c2ccc(C(=O)NCCC(=O)O)cc2)CC1. The highest BCUT2D eigenvalue weighted by Crippen LogP contribution is 2.43. The molecule has 1 unspecified atom stereocenters. The van der Waals surface area contributed by atoms with Crippen LogP contribution in [0.4, 0.5) is 23.7 Å². The Morgan fingerprint density at radius 2 is 1.65 bits per heavy atom. The van der Waals surface area contributed by atoms with Crippen LogP contribution in [0.1, 0.15) is 80.4 Å². The fourth-order valence-electron chi connectivity index (χ4n) is 5.82. The van der Waals surface area contributed by atoms with Crippen LogP contribution in [-0.2, 0) is 11.0 Å². The molecule has 1 saturated carbocycles. The van der Waals surface area contributed by atoms with E-state index in [-0.39, 0.29) is 42.7 Å². The van der Waals surface area contributed by atoms with Crippen molar-refractivity contribution in [3.8, 4) is 0 Å². The number of nitrogens with one attached hydrogen (secondary N) is 1. The Labute approximate surface area is 232 Å². The molecule has 0 radical (unpaired) electrons. The first kappa shape index (κ1) is 29.4. The number of carboxylic acids is 1. The van der Waals surface area contributed by atoms with E-state index in [4.69, 9.17) is 5.11 Å². The number of carbonyl (C=O) groups excluding carboxylic acids is 2. The van der Waals surface area contributed by atoms with E-state index in [2.05, 4.69) is 26.1 Å². The molecule has 2 aromatic rings. The lowest BCUT2D eigenvalue weighted by atomic mass is 9.71. The molecule has 2 N–H and O–H groups in total. The van der Waals surface area contributed by atoms with E-state index in [1.807, 2.05) is 4.90 Å². The lowest BCUT2D eigenvalue weighted by molar-refractivity contribution is -0.138. The van der Waals surface area contributed by atoms with Crippen molar-refractivity contribution in [2.45, 2.75) is 71.1 Å². The van der Waals surface area contributed by atoms with Gasteiger partial charge in [0.05, 0.1) is 24.6 Å². The van der Waals surface area contributed by atoms with Crippen LogP contribution >= 0.6 is 0 Å². The quantitative estimate of drug-likeness (QED) is 0.405. The maximum Gasteiger partial charge on any atom is 0.416 e. The number of rotatable bonds is 7. The van der Waals surface area contributed by atoms with Gasteiger partial charge in [0.25, 0.3) is 5.91 Å². The lowest BCUT2D eigenvalue weighted by Crippen LogP contribution is -2.43. The second-order valence-electron chi connectivity index (χ2n) is 11.8. The van der Waals surface area contributed by atoms with E-state index in [1.165, 1.54) is 17.0 Å². The van der Waals surface area contributed by atoms with Crippen molar-refractivity contribution in [2.75, 3.05) is 18.0 Å².